The third-order valence-corrected chi connectivity index (χ3v) is 6.64. The number of benzene rings is 1. The normalized spacial score (nSPS) is 17.1. The number of rotatable bonds is 9. The van der Waals surface area contributed by atoms with Gasteiger partial charge >= 0.3 is 0 Å². The first-order valence-corrected chi connectivity index (χ1v) is 11.8. The van der Waals surface area contributed by atoms with Crippen LogP contribution in [0.15, 0.2) is 47.8 Å². The van der Waals surface area contributed by atoms with Gasteiger partial charge in [-0.1, -0.05) is 36.4 Å². The van der Waals surface area contributed by atoms with Gasteiger partial charge in [-0.2, -0.15) is 0 Å². The van der Waals surface area contributed by atoms with Crippen molar-refractivity contribution in [2.24, 2.45) is 5.92 Å². The van der Waals surface area contributed by atoms with Crippen LogP contribution in [0.3, 0.4) is 0 Å². The lowest BCUT2D eigenvalue weighted by molar-refractivity contribution is -0.132. The summed E-state index contributed by atoms with van der Waals surface area (Å²) in [6.07, 6.45) is 2.17. The summed E-state index contributed by atoms with van der Waals surface area (Å²) >= 11 is 1.37. The Balaban J connectivity index is 1.61. The number of thiophene rings is 1. The molecule has 2 atom stereocenters. The Bertz CT molecular complexity index is 818. The number of carbonyl (C=O) groups is 2. The van der Waals surface area contributed by atoms with E-state index in [4.69, 9.17) is 0 Å². The molecule has 1 saturated heterocycles. The summed E-state index contributed by atoms with van der Waals surface area (Å²) in [7, 11) is 1.83. The number of likely N-dealkylation sites (N-methyl/N-ethyl adjacent to an activating group) is 1. The van der Waals surface area contributed by atoms with Crippen LogP contribution in [0.1, 0.15) is 35.0 Å². The van der Waals surface area contributed by atoms with E-state index >= 15 is 0 Å². The first-order chi connectivity index (χ1) is 14.9. The Labute approximate surface area is 188 Å². The van der Waals surface area contributed by atoms with Crippen LogP contribution in [0.2, 0.25) is 0 Å². The summed E-state index contributed by atoms with van der Waals surface area (Å²) in [6.45, 7) is 5.09. The van der Waals surface area contributed by atoms with Crippen LogP contribution in [0.5, 0.6) is 0 Å². The molecule has 168 valence electrons. The Kier molecular flexibility index (Phi) is 8.63. The van der Waals surface area contributed by atoms with Gasteiger partial charge < -0.3 is 20.2 Å². The maximum atomic E-state index is 13.3. The van der Waals surface area contributed by atoms with Crippen molar-refractivity contribution < 1.29 is 14.7 Å². The number of aliphatic hydroxyl groups is 1. The van der Waals surface area contributed by atoms with Gasteiger partial charge in [-0.05, 0) is 55.8 Å². The van der Waals surface area contributed by atoms with E-state index in [1.165, 1.54) is 11.3 Å². The van der Waals surface area contributed by atoms with Gasteiger partial charge in [0, 0.05) is 26.6 Å². The third kappa shape index (κ3) is 7.16. The molecule has 1 aromatic carbocycles. The van der Waals surface area contributed by atoms with Crippen LogP contribution in [0.25, 0.3) is 0 Å². The fraction of sp³-hybridized carbons (Fsp3) is 0.500. The summed E-state index contributed by atoms with van der Waals surface area (Å²) in [5.41, 5.74) is 1.02. The number of β-amino-alcohol motifs (C(OH)–C–C–N with tert-alkyl or cyclic N) is 1. The van der Waals surface area contributed by atoms with E-state index in [2.05, 4.69) is 10.2 Å². The van der Waals surface area contributed by atoms with Gasteiger partial charge in [0.1, 0.15) is 6.04 Å². The molecule has 3 rings (SSSR count). The van der Waals surface area contributed by atoms with Crippen LogP contribution >= 0.6 is 11.3 Å². The maximum absolute atomic E-state index is 13.3. The molecule has 1 aromatic heterocycles. The molecule has 1 aliphatic rings. The number of carbonyl (C=O) groups excluding carboxylic acids is 2. The highest BCUT2D eigenvalue weighted by atomic mass is 32.1. The fourth-order valence-electron chi connectivity index (χ4n) is 4.16. The van der Waals surface area contributed by atoms with Crippen molar-refractivity contribution in [3.05, 3.63) is 58.3 Å². The Morgan fingerprint density at radius 1 is 1.19 bits per heavy atom. The first-order valence-electron chi connectivity index (χ1n) is 11.0. The molecular formula is C24H33N3O3S. The van der Waals surface area contributed by atoms with Crippen molar-refractivity contribution in [2.75, 3.05) is 33.2 Å². The maximum Gasteiger partial charge on any atom is 0.262 e. The van der Waals surface area contributed by atoms with Crippen LogP contribution in [0.4, 0.5) is 0 Å². The van der Waals surface area contributed by atoms with E-state index in [-0.39, 0.29) is 17.9 Å². The zero-order chi connectivity index (χ0) is 22.2. The smallest absolute Gasteiger partial charge is 0.262 e. The van der Waals surface area contributed by atoms with Crippen LogP contribution < -0.4 is 5.32 Å². The summed E-state index contributed by atoms with van der Waals surface area (Å²) in [4.78, 5) is 30.6. The monoisotopic (exact) mass is 443 g/mol. The highest BCUT2D eigenvalue weighted by Gasteiger charge is 2.28. The minimum Gasteiger partial charge on any atom is -0.392 e. The largest absolute Gasteiger partial charge is 0.392 e. The molecule has 6 nitrogen and oxygen atoms in total. The number of nitrogens with zero attached hydrogens (tertiary/aromatic N) is 2. The summed E-state index contributed by atoms with van der Waals surface area (Å²) in [5.74, 6) is 0.175. The van der Waals surface area contributed by atoms with Crippen LogP contribution in [-0.2, 0) is 11.2 Å². The lowest BCUT2D eigenvalue weighted by Crippen LogP contribution is -2.50. The molecule has 2 N–H and O–H groups in total. The topological polar surface area (TPSA) is 72.9 Å². The highest BCUT2D eigenvalue weighted by molar-refractivity contribution is 7.12. The molecule has 0 aliphatic carbocycles. The van der Waals surface area contributed by atoms with E-state index in [1.54, 1.807) is 11.0 Å². The predicted molar refractivity (Wildman–Crippen MR) is 124 cm³/mol. The zero-order valence-electron chi connectivity index (χ0n) is 18.4. The second kappa shape index (κ2) is 11.4. The van der Waals surface area contributed by atoms with Gasteiger partial charge in [-0.3, -0.25) is 9.59 Å². The minimum absolute atomic E-state index is 0.0554. The molecule has 2 aromatic rings. The van der Waals surface area contributed by atoms with Gasteiger partial charge in [0.25, 0.3) is 5.91 Å². The molecule has 31 heavy (non-hydrogen) atoms. The van der Waals surface area contributed by atoms with E-state index in [1.807, 2.05) is 55.7 Å². The number of likely N-dealkylation sites (tertiary alicyclic amines) is 1. The van der Waals surface area contributed by atoms with Crippen molar-refractivity contribution in [3.63, 3.8) is 0 Å². The SMILES string of the molecule is CC(O)CN1CCC(CN(C)C(=O)C(Cc2ccccc2)NC(=O)c2cccs2)CC1. The number of piperidine rings is 1. The van der Waals surface area contributed by atoms with Gasteiger partial charge in [0.15, 0.2) is 0 Å². The number of amides is 2. The van der Waals surface area contributed by atoms with Gasteiger partial charge in [0.2, 0.25) is 5.91 Å². The van der Waals surface area contributed by atoms with E-state index in [9.17, 15) is 14.7 Å². The van der Waals surface area contributed by atoms with Crippen molar-refractivity contribution in [1.29, 1.82) is 0 Å². The Hall–Kier alpha value is -2.22. The Morgan fingerprint density at radius 3 is 2.52 bits per heavy atom. The van der Waals surface area contributed by atoms with Crippen molar-refractivity contribution >= 4 is 23.2 Å². The molecule has 2 heterocycles. The first kappa shape index (κ1) is 23.4. The van der Waals surface area contributed by atoms with Gasteiger partial charge in [-0.15, -0.1) is 11.3 Å². The van der Waals surface area contributed by atoms with E-state index in [0.29, 0.717) is 30.3 Å². The van der Waals surface area contributed by atoms with Crippen molar-refractivity contribution in [3.8, 4) is 0 Å². The Morgan fingerprint density at radius 2 is 1.90 bits per heavy atom. The molecular weight excluding hydrogens is 410 g/mol. The molecule has 7 heteroatoms. The second-order valence-corrected chi connectivity index (χ2v) is 9.45. The quantitative estimate of drug-likeness (QED) is 0.625. The van der Waals surface area contributed by atoms with Gasteiger partial charge in [-0.25, -0.2) is 0 Å². The van der Waals surface area contributed by atoms with E-state index < -0.39 is 6.04 Å². The molecule has 0 bridgehead atoms. The number of hydrogen-bond acceptors (Lipinski definition) is 5. The average Bonchev–Trinajstić information content (AvgIpc) is 3.29. The van der Waals surface area contributed by atoms with Crippen LogP contribution in [-0.4, -0.2) is 72.1 Å². The summed E-state index contributed by atoms with van der Waals surface area (Å²) in [5, 5.41) is 14.4. The molecule has 0 spiro atoms. The summed E-state index contributed by atoms with van der Waals surface area (Å²) < 4.78 is 0. The second-order valence-electron chi connectivity index (χ2n) is 8.50. The molecule has 2 unspecified atom stereocenters. The van der Waals surface area contributed by atoms with E-state index in [0.717, 1.165) is 31.5 Å². The number of hydrogen-bond donors (Lipinski definition) is 2. The average molecular weight is 444 g/mol. The van der Waals surface area contributed by atoms with Crippen LogP contribution in [0, 0.1) is 5.92 Å². The number of aliphatic hydroxyl groups excluding tert-OH is 1. The van der Waals surface area contributed by atoms with Crippen molar-refractivity contribution in [2.45, 2.75) is 38.3 Å². The predicted octanol–water partition coefficient (Wildman–Crippen LogP) is 2.64. The number of nitrogens with one attached hydrogen (secondary N) is 1. The standard InChI is InChI=1S/C24H33N3O3S/c1-18(28)16-27-12-10-20(11-13-27)17-26(2)24(30)21(15-19-7-4-3-5-8-19)25-23(29)22-9-6-14-31-22/h3-9,14,18,20-21,28H,10-13,15-17H2,1-2H3,(H,25,29). The summed E-state index contributed by atoms with van der Waals surface area (Å²) in [6, 6.07) is 12.8. The zero-order valence-corrected chi connectivity index (χ0v) is 19.2. The molecule has 2 amide bonds. The van der Waals surface area contributed by atoms with Gasteiger partial charge in [0.05, 0.1) is 11.0 Å². The third-order valence-electron chi connectivity index (χ3n) is 5.77. The highest BCUT2D eigenvalue weighted by Crippen LogP contribution is 2.19. The lowest BCUT2D eigenvalue weighted by Gasteiger charge is -2.35. The molecule has 1 aliphatic heterocycles. The molecule has 1 fully saturated rings. The fourth-order valence-corrected chi connectivity index (χ4v) is 4.78. The van der Waals surface area contributed by atoms with Crippen molar-refractivity contribution in [1.82, 2.24) is 15.1 Å². The minimum atomic E-state index is -0.600. The molecule has 0 saturated carbocycles. The molecule has 0 radical (unpaired) electrons. The lowest BCUT2D eigenvalue weighted by atomic mass is 9.95.